The Balaban J connectivity index is 1.58. The van der Waals surface area contributed by atoms with Crippen molar-refractivity contribution in [3.63, 3.8) is 0 Å². The van der Waals surface area contributed by atoms with E-state index in [4.69, 9.17) is 4.74 Å². The smallest absolute Gasteiger partial charge is 0.416 e. The molecule has 0 unspecified atom stereocenters. The van der Waals surface area contributed by atoms with Crippen LogP contribution in [0.15, 0.2) is 64.2 Å². The number of hydrogen-bond donors (Lipinski definition) is 2. The molecule has 8 nitrogen and oxygen atoms in total. The van der Waals surface area contributed by atoms with Gasteiger partial charge in [0.05, 0.1) is 23.8 Å². The molecule has 1 aliphatic rings. The van der Waals surface area contributed by atoms with Gasteiger partial charge >= 0.3 is 6.18 Å². The molecular weight excluding hydrogens is 579 g/mol. The molecule has 2 heterocycles. The second-order valence-corrected chi connectivity index (χ2v) is 13.1. The lowest BCUT2D eigenvalue weighted by Gasteiger charge is -2.38. The Bertz CT molecular complexity index is 1450. The van der Waals surface area contributed by atoms with Gasteiger partial charge in [-0.1, -0.05) is 25.1 Å². The normalized spacial score (nSPS) is 18.8. The number of aliphatic hydroxyl groups excluding tert-OH is 1. The third-order valence-electron chi connectivity index (χ3n) is 6.90. The zero-order chi connectivity index (χ0) is 29.9. The summed E-state index contributed by atoms with van der Waals surface area (Å²) in [4.78, 5) is 17.1. The van der Waals surface area contributed by atoms with Crippen molar-refractivity contribution in [2.45, 2.75) is 42.9 Å². The molecule has 0 bridgehead atoms. The molecule has 0 radical (unpaired) electrons. The molecule has 0 saturated heterocycles. The fourth-order valence-electron chi connectivity index (χ4n) is 4.61. The molecule has 0 saturated carbocycles. The van der Waals surface area contributed by atoms with E-state index in [0.717, 1.165) is 23.5 Å². The van der Waals surface area contributed by atoms with E-state index in [-0.39, 0.29) is 40.3 Å². The molecule has 2 aromatic carbocycles. The molecule has 0 spiro atoms. The number of carbonyl (C=O) groups is 1. The summed E-state index contributed by atoms with van der Waals surface area (Å²) in [5.74, 6) is -0.306. The summed E-state index contributed by atoms with van der Waals surface area (Å²) in [6.07, 6.45) is -4.83. The summed E-state index contributed by atoms with van der Waals surface area (Å²) in [6.45, 7) is 4.42. The zero-order valence-electron chi connectivity index (χ0n) is 22.8. The van der Waals surface area contributed by atoms with Crippen LogP contribution in [0.1, 0.15) is 35.3 Å². The number of hydrogen-bond acceptors (Lipinski definition) is 7. The molecule has 4 rings (SSSR count). The fraction of sp³-hybridized carbons (Fsp3) is 0.393. The quantitative estimate of drug-likeness (QED) is 0.357. The summed E-state index contributed by atoms with van der Waals surface area (Å²) in [5.41, 5.74) is 0.333. The van der Waals surface area contributed by atoms with E-state index in [0.29, 0.717) is 18.7 Å². The molecule has 0 aliphatic carbocycles. The lowest BCUT2D eigenvalue weighted by Crippen LogP contribution is -2.49. The van der Waals surface area contributed by atoms with Crippen LogP contribution in [0.2, 0.25) is 0 Å². The van der Waals surface area contributed by atoms with Crippen molar-refractivity contribution in [3.8, 4) is 5.75 Å². The molecule has 222 valence electrons. The number of aliphatic hydroxyl groups is 1. The van der Waals surface area contributed by atoms with Crippen LogP contribution in [0.3, 0.4) is 0 Å². The number of alkyl halides is 3. The van der Waals surface area contributed by atoms with Gasteiger partial charge in [0.25, 0.3) is 15.9 Å². The molecule has 3 aromatic rings. The molecule has 13 heteroatoms. The SMILES string of the molecule is C[C@H](CO)N1C[C@H](C)[C@@H](CN(C)Cc2ccc(C(F)(F)F)cc2)Oc2ccc(NS(=O)(=O)c3cccs3)cc2C1=O. The largest absolute Gasteiger partial charge is 0.488 e. The maximum absolute atomic E-state index is 13.6. The van der Waals surface area contributed by atoms with Gasteiger partial charge in [0, 0.05) is 31.2 Å². The van der Waals surface area contributed by atoms with Crippen LogP contribution in [0, 0.1) is 5.92 Å². The second kappa shape index (κ2) is 12.4. The first-order chi connectivity index (χ1) is 19.3. The Morgan fingerprint density at radius 2 is 1.90 bits per heavy atom. The predicted octanol–water partition coefficient (Wildman–Crippen LogP) is 4.92. The number of fused-ring (bicyclic) bond motifs is 1. The van der Waals surface area contributed by atoms with Gasteiger partial charge < -0.3 is 14.7 Å². The monoisotopic (exact) mass is 611 g/mol. The maximum atomic E-state index is 13.6. The van der Waals surface area contributed by atoms with Gasteiger partial charge in [-0.25, -0.2) is 8.42 Å². The first-order valence-corrected chi connectivity index (χ1v) is 15.3. The Morgan fingerprint density at radius 3 is 2.51 bits per heavy atom. The zero-order valence-corrected chi connectivity index (χ0v) is 24.4. The van der Waals surface area contributed by atoms with Crippen molar-refractivity contribution in [2.24, 2.45) is 5.92 Å². The first kappa shape index (κ1) is 30.8. The average molecular weight is 612 g/mol. The van der Waals surface area contributed by atoms with E-state index in [1.54, 1.807) is 29.3 Å². The number of benzene rings is 2. The number of nitrogens with zero attached hydrogens (tertiary/aromatic N) is 2. The fourth-order valence-corrected chi connectivity index (χ4v) is 6.65. The van der Waals surface area contributed by atoms with Crippen LogP contribution >= 0.6 is 11.3 Å². The van der Waals surface area contributed by atoms with Crippen LogP contribution in [-0.2, 0) is 22.7 Å². The van der Waals surface area contributed by atoms with Gasteiger partial charge in [0.2, 0.25) is 0 Å². The van der Waals surface area contributed by atoms with E-state index < -0.39 is 39.8 Å². The first-order valence-electron chi connectivity index (χ1n) is 12.9. The number of amides is 1. The van der Waals surface area contributed by atoms with Gasteiger partial charge in [-0.05, 0) is 61.3 Å². The lowest BCUT2D eigenvalue weighted by molar-refractivity contribution is -0.137. The van der Waals surface area contributed by atoms with E-state index >= 15 is 0 Å². The van der Waals surface area contributed by atoms with Crippen molar-refractivity contribution < 1.29 is 36.2 Å². The Morgan fingerprint density at radius 1 is 1.20 bits per heavy atom. The number of anilines is 1. The molecule has 1 aromatic heterocycles. The standard InChI is InChI=1S/C28H32F3N3O5S2/c1-18-14-34(19(2)17-35)27(36)23-13-22(32-41(37,38)26-5-4-12-40-26)10-11-24(23)39-25(18)16-33(3)15-20-6-8-21(9-7-20)28(29,30)31/h4-13,18-19,25,32,35H,14-17H2,1-3H3/t18-,19+,25+/m0/s1. The number of rotatable bonds is 9. The van der Waals surface area contributed by atoms with Crippen LogP contribution in [-0.4, -0.2) is 68.1 Å². The number of ether oxygens (including phenoxy) is 1. The summed E-state index contributed by atoms with van der Waals surface area (Å²) >= 11 is 1.07. The van der Waals surface area contributed by atoms with E-state index in [2.05, 4.69) is 4.72 Å². The van der Waals surface area contributed by atoms with Gasteiger partial charge in [0.1, 0.15) is 16.1 Å². The van der Waals surface area contributed by atoms with E-state index in [1.165, 1.54) is 30.3 Å². The third-order valence-corrected chi connectivity index (χ3v) is 9.68. The summed E-state index contributed by atoms with van der Waals surface area (Å²) in [5, 5.41) is 11.5. The molecule has 41 heavy (non-hydrogen) atoms. The van der Waals surface area contributed by atoms with Crippen LogP contribution in [0.25, 0.3) is 0 Å². The van der Waals surface area contributed by atoms with Gasteiger partial charge in [-0.3, -0.25) is 14.4 Å². The van der Waals surface area contributed by atoms with E-state index in [1.807, 2.05) is 18.9 Å². The van der Waals surface area contributed by atoms with Gasteiger partial charge in [0.15, 0.2) is 0 Å². The highest BCUT2D eigenvalue weighted by atomic mass is 32.2. The van der Waals surface area contributed by atoms with Gasteiger partial charge in [-0.2, -0.15) is 13.2 Å². The maximum Gasteiger partial charge on any atom is 0.416 e. The van der Waals surface area contributed by atoms with E-state index in [9.17, 15) is 31.5 Å². The number of carbonyl (C=O) groups excluding carboxylic acids is 1. The number of halogens is 3. The molecule has 2 N–H and O–H groups in total. The highest BCUT2D eigenvalue weighted by molar-refractivity contribution is 7.94. The highest BCUT2D eigenvalue weighted by Crippen LogP contribution is 2.32. The Hall–Kier alpha value is -3.13. The molecule has 0 fully saturated rings. The summed E-state index contributed by atoms with van der Waals surface area (Å²) in [6, 6.07) is 12.1. The van der Waals surface area contributed by atoms with Crippen molar-refractivity contribution in [2.75, 3.05) is 31.5 Å². The highest BCUT2D eigenvalue weighted by Gasteiger charge is 2.34. The van der Waals surface area contributed by atoms with Crippen LogP contribution < -0.4 is 9.46 Å². The van der Waals surface area contributed by atoms with Gasteiger partial charge in [-0.15, -0.1) is 11.3 Å². The second-order valence-electron chi connectivity index (χ2n) is 10.3. The number of nitrogens with one attached hydrogen (secondary N) is 1. The lowest BCUT2D eigenvalue weighted by atomic mass is 9.99. The average Bonchev–Trinajstić information content (AvgIpc) is 3.47. The number of thiophene rings is 1. The van der Waals surface area contributed by atoms with Crippen molar-refractivity contribution in [3.05, 3.63) is 76.7 Å². The Labute approximate surface area is 241 Å². The minimum atomic E-state index is -4.40. The minimum absolute atomic E-state index is 0.132. The molecule has 1 amide bonds. The van der Waals surface area contributed by atoms with Crippen molar-refractivity contribution in [1.29, 1.82) is 0 Å². The topological polar surface area (TPSA) is 99.2 Å². The molecule has 3 atom stereocenters. The molecule has 1 aliphatic heterocycles. The van der Waals surface area contributed by atoms with Crippen molar-refractivity contribution >= 4 is 33.0 Å². The number of likely N-dealkylation sites (N-methyl/N-ethyl adjacent to an activating group) is 1. The summed E-state index contributed by atoms with van der Waals surface area (Å²) < 4.78 is 73.3. The minimum Gasteiger partial charge on any atom is -0.488 e. The molecular formula is C28H32F3N3O5S2. The van der Waals surface area contributed by atoms with Crippen molar-refractivity contribution in [1.82, 2.24) is 9.80 Å². The third kappa shape index (κ3) is 7.39. The Kier molecular flexibility index (Phi) is 9.32. The number of sulfonamides is 1. The summed E-state index contributed by atoms with van der Waals surface area (Å²) in [7, 11) is -2.02. The van der Waals surface area contributed by atoms with Crippen LogP contribution in [0.5, 0.6) is 5.75 Å². The van der Waals surface area contributed by atoms with Crippen LogP contribution in [0.4, 0.5) is 18.9 Å². The predicted molar refractivity (Wildman–Crippen MR) is 151 cm³/mol.